The Bertz CT molecular complexity index is 929. The summed E-state index contributed by atoms with van der Waals surface area (Å²) in [5.74, 6) is -0.259. The van der Waals surface area contributed by atoms with Gasteiger partial charge in [-0.1, -0.05) is 38.1 Å². The molecule has 9 heteroatoms. The summed E-state index contributed by atoms with van der Waals surface area (Å²) < 4.78 is 66.2. The van der Waals surface area contributed by atoms with Gasteiger partial charge in [0.05, 0.1) is 16.1 Å². The zero-order valence-electron chi connectivity index (χ0n) is 16.1. The molecule has 0 radical (unpaired) electrons. The van der Waals surface area contributed by atoms with Crippen molar-refractivity contribution in [1.29, 1.82) is 0 Å². The van der Waals surface area contributed by atoms with Crippen molar-refractivity contribution in [3.63, 3.8) is 0 Å². The third-order valence-corrected chi connectivity index (χ3v) is 5.91. The summed E-state index contributed by atoms with van der Waals surface area (Å²) in [6.45, 7) is 3.66. The first-order valence-corrected chi connectivity index (χ1v) is 10.5. The van der Waals surface area contributed by atoms with Crippen molar-refractivity contribution in [3.05, 3.63) is 60.2 Å². The molecule has 158 valence electrons. The summed E-state index contributed by atoms with van der Waals surface area (Å²) in [6.07, 6.45) is -3.95. The van der Waals surface area contributed by atoms with Crippen LogP contribution < -0.4 is 9.62 Å². The third-order valence-electron chi connectivity index (χ3n) is 4.12. The van der Waals surface area contributed by atoms with Gasteiger partial charge in [0.15, 0.2) is 0 Å². The van der Waals surface area contributed by atoms with E-state index in [0.29, 0.717) is 23.2 Å². The molecular formula is C20H23F3N2O3S. The monoisotopic (exact) mass is 428 g/mol. The molecule has 0 unspecified atom stereocenters. The number of halogens is 3. The third kappa shape index (κ3) is 6.22. The SMILES string of the molecule is CC(C)CCNC(=O)CN(c1cccc(C(F)(F)F)c1)S(=O)(=O)c1ccccc1. The van der Waals surface area contributed by atoms with Crippen molar-refractivity contribution >= 4 is 21.6 Å². The predicted octanol–water partition coefficient (Wildman–Crippen LogP) is 4.06. The van der Waals surface area contributed by atoms with Gasteiger partial charge >= 0.3 is 6.18 Å². The lowest BCUT2D eigenvalue weighted by atomic mass is 10.1. The first-order valence-electron chi connectivity index (χ1n) is 9.03. The Kier molecular flexibility index (Phi) is 7.29. The van der Waals surface area contributed by atoms with E-state index >= 15 is 0 Å². The van der Waals surface area contributed by atoms with Crippen LogP contribution in [-0.2, 0) is 21.0 Å². The molecule has 0 atom stereocenters. The topological polar surface area (TPSA) is 66.5 Å². The number of hydrogen-bond donors (Lipinski definition) is 1. The van der Waals surface area contributed by atoms with E-state index in [-0.39, 0.29) is 10.6 Å². The first kappa shape index (κ1) is 22.7. The van der Waals surface area contributed by atoms with Gasteiger partial charge in [0.25, 0.3) is 10.0 Å². The van der Waals surface area contributed by atoms with Gasteiger partial charge in [-0.05, 0) is 42.7 Å². The fourth-order valence-corrected chi connectivity index (χ4v) is 3.99. The summed E-state index contributed by atoms with van der Waals surface area (Å²) in [5, 5.41) is 2.62. The molecule has 0 saturated heterocycles. The lowest BCUT2D eigenvalue weighted by molar-refractivity contribution is -0.137. The minimum atomic E-state index is -4.64. The van der Waals surface area contributed by atoms with Gasteiger partial charge in [-0.25, -0.2) is 8.42 Å². The first-order chi connectivity index (χ1) is 13.5. The van der Waals surface area contributed by atoms with Crippen molar-refractivity contribution in [2.24, 2.45) is 5.92 Å². The molecule has 0 aliphatic heterocycles. The molecule has 0 heterocycles. The maximum Gasteiger partial charge on any atom is 0.416 e. The van der Waals surface area contributed by atoms with Gasteiger partial charge in [-0.15, -0.1) is 0 Å². The molecule has 29 heavy (non-hydrogen) atoms. The number of carbonyl (C=O) groups is 1. The Morgan fingerprint density at radius 2 is 1.72 bits per heavy atom. The van der Waals surface area contributed by atoms with Crippen LogP contribution in [0.2, 0.25) is 0 Å². The van der Waals surface area contributed by atoms with E-state index in [1.54, 1.807) is 6.07 Å². The maximum absolute atomic E-state index is 13.1. The highest BCUT2D eigenvalue weighted by atomic mass is 32.2. The summed E-state index contributed by atoms with van der Waals surface area (Å²) in [5.41, 5.74) is -1.23. The Hall–Kier alpha value is -2.55. The van der Waals surface area contributed by atoms with Crippen molar-refractivity contribution in [1.82, 2.24) is 5.32 Å². The Balaban J connectivity index is 2.40. The summed E-state index contributed by atoms with van der Waals surface area (Å²) in [4.78, 5) is 12.2. The average molecular weight is 428 g/mol. The van der Waals surface area contributed by atoms with E-state index in [1.807, 2.05) is 13.8 Å². The molecule has 0 aromatic heterocycles. The van der Waals surface area contributed by atoms with E-state index < -0.39 is 34.2 Å². The van der Waals surface area contributed by atoms with Crippen LogP contribution in [0.4, 0.5) is 18.9 Å². The number of nitrogens with zero attached hydrogens (tertiary/aromatic N) is 1. The van der Waals surface area contributed by atoms with Crippen molar-refractivity contribution in [2.75, 3.05) is 17.4 Å². The Morgan fingerprint density at radius 3 is 2.31 bits per heavy atom. The normalized spacial score (nSPS) is 12.1. The molecule has 0 aliphatic carbocycles. The van der Waals surface area contributed by atoms with Gasteiger partial charge in [0.1, 0.15) is 6.54 Å². The van der Waals surface area contributed by atoms with Crippen LogP contribution in [0.1, 0.15) is 25.8 Å². The minimum Gasteiger partial charge on any atom is -0.355 e. The zero-order valence-corrected chi connectivity index (χ0v) is 16.9. The molecule has 1 N–H and O–H groups in total. The smallest absolute Gasteiger partial charge is 0.355 e. The molecule has 0 fully saturated rings. The van der Waals surface area contributed by atoms with Crippen LogP contribution >= 0.6 is 0 Å². The fraction of sp³-hybridized carbons (Fsp3) is 0.350. The van der Waals surface area contributed by atoms with Gasteiger partial charge in [0, 0.05) is 6.54 Å². The summed E-state index contributed by atoms with van der Waals surface area (Å²) in [7, 11) is -4.25. The standard InChI is InChI=1S/C20H23F3N2O3S/c1-15(2)11-12-24-19(26)14-25(29(27,28)18-9-4-3-5-10-18)17-8-6-7-16(13-17)20(21,22)23/h3-10,13,15H,11-12,14H2,1-2H3,(H,24,26). The highest BCUT2D eigenvalue weighted by Crippen LogP contribution is 2.33. The summed E-state index contributed by atoms with van der Waals surface area (Å²) >= 11 is 0. The fourth-order valence-electron chi connectivity index (χ4n) is 2.56. The van der Waals surface area contributed by atoms with Crippen LogP contribution in [0, 0.1) is 5.92 Å². The van der Waals surface area contributed by atoms with Crippen LogP contribution in [-0.4, -0.2) is 27.4 Å². The molecular weight excluding hydrogens is 405 g/mol. The summed E-state index contributed by atoms with van der Waals surface area (Å²) in [6, 6.07) is 11.2. The van der Waals surface area contributed by atoms with E-state index in [4.69, 9.17) is 0 Å². The number of sulfonamides is 1. The van der Waals surface area contributed by atoms with E-state index in [0.717, 1.165) is 18.2 Å². The number of nitrogens with one attached hydrogen (secondary N) is 1. The van der Waals surface area contributed by atoms with Gasteiger partial charge in [-0.2, -0.15) is 13.2 Å². The van der Waals surface area contributed by atoms with Crippen LogP contribution in [0.3, 0.4) is 0 Å². The molecule has 1 amide bonds. The molecule has 0 bridgehead atoms. The largest absolute Gasteiger partial charge is 0.416 e. The van der Waals surface area contributed by atoms with E-state index in [1.165, 1.54) is 30.3 Å². The van der Waals surface area contributed by atoms with E-state index in [2.05, 4.69) is 5.32 Å². The van der Waals surface area contributed by atoms with Gasteiger partial charge in [-0.3, -0.25) is 9.10 Å². The lowest BCUT2D eigenvalue weighted by Crippen LogP contribution is -2.41. The molecule has 2 aromatic rings. The van der Waals surface area contributed by atoms with Crippen molar-refractivity contribution in [3.8, 4) is 0 Å². The van der Waals surface area contributed by atoms with Gasteiger partial charge < -0.3 is 5.32 Å². The second-order valence-electron chi connectivity index (χ2n) is 6.91. The Labute approximate surface area is 168 Å². The zero-order chi connectivity index (χ0) is 21.7. The minimum absolute atomic E-state index is 0.118. The molecule has 2 aromatic carbocycles. The predicted molar refractivity (Wildman–Crippen MR) is 105 cm³/mol. The quantitative estimate of drug-likeness (QED) is 0.690. The maximum atomic E-state index is 13.1. The van der Waals surface area contributed by atoms with Crippen LogP contribution in [0.15, 0.2) is 59.5 Å². The second-order valence-corrected chi connectivity index (χ2v) is 8.77. The van der Waals surface area contributed by atoms with Crippen molar-refractivity contribution < 1.29 is 26.4 Å². The molecule has 2 rings (SSSR count). The Morgan fingerprint density at radius 1 is 1.07 bits per heavy atom. The number of hydrogen-bond acceptors (Lipinski definition) is 3. The van der Waals surface area contributed by atoms with Crippen molar-refractivity contribution in [2.45, 2.75) is 31.3 Å². The number of amides is 1. The van der Waals surface area contributed by atoms with Gasteiger partial charge in [0.2, 0.25) is 5.91 Å². The van der Waals surface area contributed by atoms with E-state index in [9.17, 15) is 26.4 Å². The number of alkyl halides is 3. The van der Waals surface area contributed by atoms with Crippen LogP contribution in [0.25, 0.3) is 0 Å². The second kappa shape index (κ2) is 9.30. The highest BCUT2D eigenvalue weighted by Gasteiger charge is 2.33. The lowest BCUT2D eigenvalue weighted by Gasteiger charge is -2.25. The molecule has 0 spiro atoms. The number of carbonyl (C=O) groups excluding carboxylic acids is 1. The molecule has 5 nitrogen and oxygen atoms in total. The number of rotatable bonds is 8. The number of benzene rings is 2. The van der Waals surface area contributed by atoms with Crippen LogP contribution in [0.5, 0.6) is 0 Å². The molecule has 0 aliphatic rings. The number of anilines is 1. The molecule has 0 saturated carbocycles. The average Bonchev–Trinajstić information content (AvgIpc) is 2.66. The highest BCUT2D eigenvalue weighted by molar-refractivity contribution is 7.92.